The van der Waals surface area contributed by atoms with Crippen molar-refractivity contribution >= 4 is 68.8 Å². The summed E-state index contributed by atoms with van der Waals surface area (Å²) < 4.78 is 49.4. The van der Waals surface area contributed by atoms with Gasteiger partial charge in [-0.2, -0.15) is 0 Å². The fraction of sp³-hybridized carbons (Fsp3) is 0.462. The van der Waals surface area contributed by atoms with Gasteiger partial charge in [-0.25, -0.2) is 14.0 Å². The minimum atomic E-state index is -0.759. The zero-order valence-corrected chi connectivity index (χ0v) is 40.8. The third kappa shape index (κ3) is 9.05. The van der Waals surface area contributed by atoms with Gasteiger partial charge in [-0.15, -0.1) is 11.3 Å². The molecule has 364 valence electrons. The maximum atomic E-state index is 16.9. The number of thiophene rings is 1. The second kappa shape index (κ2) is 19.6. The van der Waals surface area contributed by atoms with Crippen molar-refractivity contribution in [2.45, 2.75) is 109 Å². The van der Waals surface area contributed by atoms with E-state index in [0.29, 0.717) is 48.5 Å². The summed E-state index contributed by atoms with van der Waals surface area (Å²) in [5.41, 5.74) is 6.83. The Balaban J connectivity index is 0.987. The third-order valence-corrected chi connectivity index (χ3v) is 15.5. The topological polar surface area (TPSA) is 156 Å². The Morgan fingerprint density at radius 2 is 1.36 bits per heavy atom. The largest absolute Gasteiger partial charge is 0.464 e. The van der Waals surface area contributed by atoms with E-state index < -0.39 is 43.0 Å². The molecule has 2 aromatic carbocycles. The monoisotopic (exact) mass is 963 g/mol. The first-order valence-electron chi connectivity index (χ1n) is 23.8. The van der Waals surface area contributed by atoms with E-state index in [2.05, 4.69) is 16.7 Å². The molecule has 6 atom stereocenters. The van der Waals surface area contributed by atoms with Crippen molar-refractivity contribution in [1.82, 2.24) is 25.0 Å². The lowest BCUT2D eigenvalue weighted by Crippen LogP contribution is -2.53. The number of halogens is 2. The summed E-state index contributed by atoms with van der Waals surface area (Å²) in [7, 11) is 2.55. The van der Waals surface area contributed by atoms with Gasteiger partial charge in [-0.3, -0.25) is 28.5 Å². The van der Waals surface area contributed by atoms with Gasteiger partial charge in [0.05, 0.1) is 54.6 Å². The van der Waals surface area contributed by atoms with Gasteiger partial charge in [0.1, 0.15) is 23.7 Å². The van der Waals surface area contributed by atoms with Crippen LogP contribution in [0.5, 0.6) is 5.75 Å². The molecule has 2 aromatic heterocycles. The Morgan fingerprint density at radius 1 is 0.783 bits per heavy atom. The molecule has 4 amide bonds. The average molecular weight is 964 g/mol. The van der Waals surface area contributed by atoms with Crippen LogP contribution in [0.15, 0.2) is 70.9 Å². The van der Waals surface area contributed by atoms with E-state index in [0.717, 1.165) is 74.5 Å². The van der Waals surface area contributed by atoms with Gasteiger partial charge in [-0.05, 0) is 102 Å². The van der Waals surface area contributed by atoms with E-state index in [1.54, 1.807) is 11.1 Å². The standard InChI is InChI=1S/C52H59F2N7O7S/c1-27(2)46(57-51(64)66-6)48(62)59-16-8-10-39(59)36-20-33(25-55-36)30-12-13-38-32(18-30)22-41-45-35(54)19-31(23-42(45)68-50(61(38)41)44-15-14-43(69-44)29(5)24-53)34-21-37(56-26-34)40-11-9-17-60(40)49(63)47(28(3)4)58-52(65)67-7/h12-15,18-19,22-23,25-29,39-40,46-47,50H,8-11,16-17,20-21,24H2,1-7H3,(H,57,64)(H,58,65)/t29?,39-,40-,46-,47-,50?/m0/s1. The SMILES string of the molecule is COC(=O)N[C@H](C(=O)N1CCC[C@H]1C1=NC=C(c2cc(F)c3c(c2)OC(c2ccc(C(C)CF)s2)n2c-3cc3cc(C4=CN=C([C@@H]5CCCN5C(=O)[C@@H](NC(=O)OC)C(C)C)C4)ccc32)C1)C(C)C. The maximum absolute atomic E-state index is 16.9. The Bertz CT molecular complexity index is 2830. The first kappa shape index (κ1) is 47.7. The van der Waals surface area contributed by atoms with Gasteiger partial charge in [0.2, 0.25) is 18.0 Å². The first-order chi connectivity index (χ1) is 33.2. The number of rotatable bonds is 13. The fourth-order valence-electron chi connectivity index (χ4n) is 10.4. The number of fused-ring (bicyclic) bond motifs is 5. The van der Waals surface area contributed by atoms with Gasteiger partial charge in [-0.1, -0.05) is 40.7 Å². The van der Waals surface area contributed by atoms with Crippen LogP contribution in [0.3, 0.4) is 0 Å². The predicted molar refractivity (Wildman–Crippen MR) is 263 cm³/mol. The van der Waals surface area contributed by atoms with Crippen LogP contribution >= 0.6 is 11.3 Å². The highest BCUT2D eigenvalue weighted by Crippen LogP contribution is 2.49. The van der Waals surface area contributed by atoms with Gasteiger partial charge in [0.25, 0.3) is 0 Å². The summed E-state index contributed by atoms with van der Waals surface area (Å²) in [5.74, 6) is -1.05. The van der Waals surface area contributed by atoms with Crippen molar-refractivity contribution in [1.29, 1.82) is 0 Å². The molecule has 14 nitrogen and oxygen atoms in total. The highest BCUT2D eigenvalue weighted by atomic mass is 32.1. The zero-order valence-electron chi connectivity index (χ0n) is 40.0. The van der Waals surface area contributed by atoms with Crippen LogP contribution in [0.1, 0.15) is 106 Å². The van der Waals surface area contributed by atoms with E-state index in [4.69, 9.17) is 24.2 Å². The highest BCUT2D eigenvalue weighted by Gasteiger charge is 2.41. The molecule has 0 bridgehead atoms. The molecule has 5 aliphatic rings. The molecule has 69 heavy (non-hydrogen) atoms. The molecular weight excluding hydrogens is 905 g/mol. The number of carbonyl (C=O) groups excluding carboxylic acids is 4. The van der Waals surface area contributed by atoms with Gasteiger partial charge < -0.3 is 34.6 Å². The van der Waals surface area contributed by atoms with E-state index in [9.17, 15) is 23.6 Å². The number of hydrogen-bond donors (Lipinski definition) is 2. The van der Waals surface area contributed by atoms with Crippen LogP contribution in [0, 0.1) is 17.7 Å². The van der Waals surface area contributed by atoms with Crippen LogP contribution in [0.4, 0.5) is 18.4 Å². The first-order valence-corrected chi connectivity index (χ1v) is 24.6. The number of alkyl carbamates (subject to hydrolysis) is 2. The highest BCUT2D eigenvalue weighted by molar-refractivity contribution is 7.12. The summed E-state index contributed by atoms with van der Waals surface area (Å²) in [4.78, 5) is 67.0. The number of alkyl halides is 1. The molecule has 0 saturated carbocycles. The number of methoxy groups -OCH3 is 2. The number of nitrogens with zero attached hydrogens (tertiary/aromatic N) is 5. The molecule has 0 aliphatic carbocycles. The number of benzene rings is 2. The molecule has 9 rings (SSSR count). The number of nitrogens with one attached hydrogen (secondary N) is 2. The summed E-state index contributed by atoms with van der Waals surface area (Å²) in [6.07, 6.45) is 5.66. The number of hydrogen-bond acceptors (Lipinski definition) is 10. The molecule has 17 heteroatoms. The maximum Gasteiger partial charge on any atom is 0.407 e. The molecule has 5 aliphatic heterocycles. The minimum absolute atomic E-state index is 0.144. The smallest absolute Gasteiger partial charge is 0.407 e. The van der Waals surface area contributed by atoms with Crippen molar-refractivity contribution in [3.05, 3.63) is 87.6 Å². The van der Waals surface area contributed by atoms with Crippen LogP contribution in [0.25, 0.3) is 33.3 Å². The van der Waals surface area contributed by atoms with Crippen molar-refractivity contribution in [3.63, 3.8) is 0 Å². The van der Waals surface area contributed by atoms with Gasteiger partial charge in [0, 0.05) is 65.9 Å². The van der Waals surface area contributed by atoms with E-state index in [1.165, 1.54) is 31.6 Å². The van der Waals surface area contributed by atoms with Crippen LogP contribution < -0.4 is 15.4 Å². The number of carbonyl (C=O) groups is 4. The Hall–Kier alpha value is -6.36. The second-order valence-electron chi connectivity index (χ2n) is 19.3. The lowest BCUT2D eigenvalue weighted by Gasteiger charge is -2.31. The zero-order chi connectivity index (χ0) is 48.8. The van der Waals surface area contributed by atoms with E-state index >= 15 is 4.39 Å². The Morgan fingerprint density at radius 3 is 1.91 bits per heavy atom. The minimum Gasteiger partial charge on any atom is -0.464 e. The van der Waals surface area contributed by atoms with Crippen LogP contribution in [-0.4, -0.2) is 108 Å². The lowest BCUT2D eigenvalue weighted by atomic mass is 9.95. The summed E-state index contributed by atoms with van der Waals surface area (Å²) in [6.45, 7) is 9.98. The van der Waals surface area contributed by atoms with E-state index in [-0.39, 0.29) is 41.7 Å². The summed E-state index contributed by atoms with van der Waals surface area (Å²) in [5, 5.41) is 6.28. The predicted octanol–water partition coefficient (Wildman–Crippen LogP) is 9.64. The molecule has 2 N–H and O–H groups in total. The molecule has 2 fully saturated rings. The van der Waals surface area contributed by atoms with Gasteiger partial charge in [0.15, 0.2) is 0 Å². The normalized spacial score (nSPS) is 21.0. The van der Waals surface area contributed by atoms with Crippen molar-refractivity contribution < 1.29 is 42.2 Å². The summed E-state index contributed by atoms with van der Waals surface area (Å²) >= 11 is 1.48. The molecule has 4 aromatic rings. The van der Waals surface area contributed by atoms with E-state index in [1.807, 2.05) is 86.7 Å². The summed E-state index contributed by atoms with van der Waals surface area (Å²) in [6, 6.07) is 13.4. The Kier molecular flexibility index (Phi) is 13.5. The number of aliphatic imine (C=N–C) groups is 2. The third-order valence-electron chi connectivity index (χ3n) is 14.1. The number of likely N-dealkylation sites (tertiary alicyclic amines) is 2. The van der Waals surface area contributed by atoms with Crippen LogP contribution in [-0.2, 0) is 19.1 Å². The number of ether oxygens (including phenoxy) is 3. The van der Waals surface area contributed by atoms with Gasteiger partial charge >= 0.3 is 12.2 Å². The molecule has 2 saturated heterocycles. The molecule has 0 radical (unpaired) electrons. The average Bonchev–Trinajstić information content (AvgIpc) is 4.21. The molecule has 0 spiro atoms. The van der Waals surface area contributed by atoms with Crippen molar-refractivity contribution in [2.75, 3.05) is 34.0 Å². The molecule has 2 unspecified atom stereocenters. The Labute approximate surface area is 404 Å². The van der Waals surface area contributed by atoms with Crippen molar-refractivity contribution in [3.8, 4) is 17.0 Å². The lowest BCUT2D eigenvalue weighted by molar-refractivity contribution is -0.134. The molecular formula is C52H59F2N7O7S. The molecule has 7 heterocycles. The number of aromatic nitrogens is 1. The van der Waals surface area contributed by atoms with Crippen LogP contribution in [0.2, 0.25) is 0 Å². The quantitative estimate of drug-likeness (QED) is 0.135. The van der Waals surface area contributed by atoms with Crippen molar-refractivity contribution in [2.24, 2.45) is 21.8 Å². The fourth-order valence-corrected chi connectivity index (χ4v) is 11.4. The number of allylic oxidation sites excluding steroid dienone is 2. The number of amides is 4. The second-order valence-corrected chi connectivity index (χ2v) is 20.4.